The second kappa shape index (κ2) is 9.52. The van der Waals surface area contributed by atoms with Gasteiger partial charge >= 0.3 is 0 Å². The highest BCUT2D eigenvalue weighted by atomic mass is 32.2. The van der Waals surface area contributed by atoms with E-state index in [1.807, 2.05) is 32.0 Å². The molecule has 2 amide bonds. The molecule has 186 valence electrons. The number of rotatable bonds is 5. The number of carbonyl (C=O) groups excluding carboxylic acids is 2. The Morgan fingerprint density at radius 3 is 2.64 bits per heavy atom. The molecule has 1 N–H and O–H groups in total. The summed E-state index contributed by atoms with van der Waals surface area (Å²) in [5.41, 5.74) is 3.52. The van der Waals surface area contributed by atoms with Crippen LogP contribution in [0.3, 0.4) is 0 Å². The van der Waals surface area contributed by atoms with Crippen LogP contribution in [0.4, 0.5) is 5.69 Å². The number of fused-ring (bicyclic) bond motifs is 2. The summed E-state index contributed by atoms with van der Waals surface area (Å²) in [5, 5.41) is 2.88. The maximum Gasteiger partial charge on any atom is 0.259 e. The summed E-state index contributed by atoms with van der Waals surface area (Å²) in [4.78, 5) is 28.2. The number of benzene rings is 3. The average molecular weight is 505 g/mol. The first-order valence-corrected chi connectivity index (χ1v) is 13.5. The van der Waals surface area contributed by atoms with Gasteiger partial charge in [0.1, 0.15) is 0 Å². The number of sulfone groups is 1. The number of hydrogen-bond acceptors (Lipinski definition) is 5. The molecule has 0 bridgehead atoms. The Morgan fingerprint density at radius 2 is 1.86 bits per heavy atom. The van der Waals surface area contributed by atoms with Crippen molar-refractivity contribution in [2.24, 2.45) is 0 Å². The minimum absolute atomic E-state index is 0.00165. The van der Waals surface area contributed by atoms with Crippen LogP contribution < -0.4 is 10.2 Å². The Morgan fingerprint density at radius 1 is 1.06 bits per heavy atom. The van der Waals surface area contributed by atoms with Gasteiger partial charge in [-0.05, 0) is 68.1 Å². The summed E-state index contributed by atoms with van der Waals surface area (Å²) in [5.74, 6) is -0.766. The van der Waals surface area contributed by atoms with Gasteiger partial charge in [0.15, 0.2) is 0 Å². The maximum atomic E-state index is 13.8. The van der Waals surface area contributed by atoms with Crippen molar-refractivity contribution in [2.45, 2.75) is 49.1 Å². The van der Waals surface area contributed by atoms with Crippen LogP contribution in [0.25, 0.3) is 0 Å². The largest absolute Gasteiger partial charge is 0.376 e. The first-order valence-electron chi connectivity index (χ1n) is 12.0. The number of amides is 2. The minimum atomic E-state index is -4.00. The lowest BCUT2D eigenvalue weighted by atomic mass is 10.0. The molecule has 0 saturated carbocycles. The Hall–Kier alpha value is -3.49. The van der Waals surface area contributed by atoms with Gasteiger partial charge in [0, 0.05) is 18.7 Å². The van der Waals surface area contributed by atoms with E-state index in [0.717, 1.165) is 29.5 Å². The van der Waals surface area contributed by atoms with Gasteiger partial charge in [-0.3, -0.25) is 9.59 Å². The van der Waals surface area contributed by atoms with E-state index in [0.29, 0.717) is 13.2 Å². The molecule has 1 atom stereocenters. The molecule has 0 aliphatic carbocycles. The predicted octanol–water partition coefficient (Wildman–Crippen LogP) is 4.21. The molecule has 7 nitrogen and oxygen atoms in total. The third-order valence-electron chi connectivity index (χ3n) is 6.80. The van der Waals surface area contributed by atoms with Crippen LogP contribution >= 0.6 is 0 Å². The van der Waals surface area contributed by atoms with Crippen molar-refractivity contribution >= 4 is 27.3 Å². The SMILES string of the molecule is Cc1ccc(C)c(CN2C(=O)c3ccccc3S(=O)(=O)c3ccc(C(=O)NC[C@H]4CCCO4)cc32)c1. The number of carbonyl (C=O) groups is 2. The molecular formula is C28H28N2O5S. The Balaban J connectivity index is 1.60. The molecule has 2 heterocycles. The molecule has 1 fully saturated rings. The summed E-state index contributed by atoms with van der Waals surface area (Å²) in [6, 6.07) is 16.6. The van der Waals surface area contributed by atoms with Gasteiger partial charge < -0.3 is 15.0 Å². The molecule has 0 radical (unpaired) electrons. The van der Waals surface area contributed by atoms with Crippen molar-refractivity contribution < 1.29 is 22.7 Å². The lowest BCUT2D eigenvalue weighted by Crippen LogP contribution is -2.33. The van der Waals surface area contributed by atoms with Crippen LogP contribution in [-0.4, -0.2) is 39.5 Å². The zero-order valence-corrected chi connectivity index (χ0v) is 21.1. The molecular weight excluding hydrogens is 476 g/mol. The predicted molar refractivity (Wildman–Crippen MR) is 136 cm³/mol. The minimum Gasteiger partial charge on any atom is -0.376 e. The summed E-state index contributed by atoms with van der Waals surface area (Å²) < 4.78 is 32.9. The van der Waals surface area contributed by atoms with Crippen LogP contribution in [0, 0.1) is 13.8 Å². The molecule has 36 heavy (non-hydrogen) atoms. The number of ether oxygens (including phenoxy) is 1. The van der Waals surface area contributed by atoms with Gasteiger partial charge in [0.25, 0.3) is 11.8 Å². The van der Waals surface area contributed by atoms with Gasteiger partial charge in [0.05, 0.1) is 33.7 Å². The number of nitrogens with one attached hydrogen (secondary N) is 1. The average Bonchev–Trinajstić information content (AvgIpc) is 3.39. The summed E-state index contributed by atoms with van der Waals surface area (Å²) in [7, 11) is -4.00. The highest BCUT2D eigenvalue weighted by molar-refractivity contribution is 7.91. The summed E-state index contributed by atoms with van der Waals surface area (Å²) in [6.45, 7) is 5.16. The number of hydrogen-bond donors (Lipinski definition) is 1. The fourth-order valence-corrected chi connectivity index (χ4v) is 6.39. The molecule has 2 aliphatic heterocycles. The van der Waals surface area contributed by atoms with Crippen LogP contribution in [0.15, 0.2) is 70.5 Å². The van der Waals surface area contributed by atoms with Crippen molar-refractivity contribution in [1.29, 1.82) is 0 Å². The van der Waals surface area contributed by atoms with E-state index in [4.69, 9.17) is 4.74 Å². The normalized spacial score (nSPS) is 18.3. The fourth-order valence-electron chi connectivity index (χ4n) is 4.76. The maximum absolute atomic E-state index is 13.8. The zero-order chi connectivity index (χ0) is 25.4. The highest BCUT2D eigenvalue weighted by Gasteiger charge is 2.36. The van der Waals surface area contributed by atoms with Crippen molar-refractivity contribution in [3.63, 3.8) is 0 Å². The molecule has 0 spiro atoms. The van der Waals surface area contributed by atoms with Crippen LogP contribution in [0.5, 0.6) is 0 Å². The quantitative estimate of drug-likeness (QED) is 0.562. The van der Waals surface area contributed by atoms with Crippen molar-refractivity contribution in [3.05, 3.63) is 88.5 Å². The fraction of sp³-hybridized carbons (Fsp3) is 0.286. The van der Waals surface area contributed by atoms with E-state index in [9.17, 15) is 18.0 Å². The molecule has 3 aromatic rings. The zero-order valence-electron chi connectivity index (χ0n) is 20.3. The highest BCUT2D eigenvalue weighted by Crippen LogP contribution is 2.38. The van der Waals surface area contributed by atoms with E-state index in [1.54, 1.807) is 12.1 Å². The van der Waals surface area contributed by atoms with E-state index >= 15 is 0 Å². The van der Waals surface area contributed by atoms with Crippen LogP contribution in [0.2, 0.25) is 0 Å². The van der Waals surface area contributed by atoms with Crippen molar-refractivity contribution in [1.82, 2.24) is 5.32 Å². The van der Waals surface area contributed by atoms with E-state index in [1.165, 1.54) is 35.2 Å². The number of anilines is 1. The molecule has 1 saturated heterocycles. The molecule has 8 heteroatoms. The third kappa shape index (κ3) is 4.42. The lowest BCUT2D eigenvalue weighted by Gasteiger charge is -2.24. The standard InChI is InChI=1S/C28H28N2O5S/c1-18-9-10-19(2)21(14-18)17-30-24-15-20(27(31)29-16-22-6-5-13-35-22)11-12-26(24)36(33,34)25-8-4-3-7-23(25)28(30)32/h3-4,7-12,14-15,22H,5-6,13,16-17H2,1-2H3,(H,29,31)/t22-/m1/s1. The van der Waals surface area contributed by atoms with E-state index in [-0.39, 0.29) is 45.2 Å². The molecule has 3 aromatic carbocycles. The topological polar surface area (TPSA) is 92.8 Å². The van der Waals surface area contributed by atoms with Crippen LogP contribution in [0.1, 0.15) is 50.2 Å². The summed E-state index contributed by atoms with van der Waals surface area (Å²) in [6.07, 6.45) is 1.83. The summed E-state index contributed by atoms with van der Waals surface area (Å²) >= 11 is 0. The Bertz CT molecular complexity index is 1460. The van der Waals surface area contributed by atoms with E-state index < -0.39 is 15.7 Å². The third-order valence-corrected chi connectivity index (χ3v) is 8.66. The molecule has 2 aliphatic rings. The second-order valence-electron chi connectivity index (χ2n) is 9.35. The number of nitrogens with zero attached hydrogens (tertiary/aromatic N) is 1. The first kappa shape index (κ1) is 24.2. The van der Waals surface area contributed by atoms with Crippen molar-refractivity contribution in [2.75, 3.05) is 18.1 Å². The van der Waals surface area contributed by atoms with Gasteiger partial charge in [-0.25, -0.2) is 8.42 Å². The monoisotopic (exact) mass is 504 g/mol. The molecule has 0 aromatic heterocycles. The Labute approximate surface area is 211 Å². The second-order valence-corrected chi connectivity index (χ2v) is 11.2. The van der Waals surface area contributed by atoms with Crippen molar-refractivity contribution in [3.8, 4) is 0 Å². The van der Waals surface area contributed by atoms with Gasteiger partial charge in [-0.2, -0.15) is 0 Å². The number of aryl methyl sites for hydroxylation is 2. The van der Waals surface area contributed by atoms with Gasteiger partial charge in [0.2, 0.25) is 9.84 Å². The van der Waals surface area contributed by atoms with Crippen LogP contribution in [-0.2, 0) is 21.1 Å². The van der Waals surface area contributed by atoms with Gasteiger partial charge in [-0.1, -0.05) is 35.9 Å². The molecule has 0 unspecified atom stereocenters. The first-order chi connectivity index (χ1) is 17.3. The van der Waals surface area contributed by atoms with Gasteiger partial charge in [-0.15, -0.1) is 0 Å². The van der Waals surface area contributed by atoms with E-state index in [2.05, 4.69) is 5.32 Å². The lowest BCUT2D eigenvalue weighted by molar-refractivity contribution is 0.0857. The molecule has 5 rings (SSSR count). The smallest absolute Gasteiger partial charge is 0.259 e. The Kier molecular flexibility index (Phi) is 6.40.